The molecule has 0 aliphatic heterocycles. The van der Waals surface area contributed by atoms with E-state index in [0.29, 0.717) is 39.4 Å². The quantitative estimate of drug-likeness (QED) is 0.421. The Hall–Kier alpha value is -3.55. The first-order valence-electron chi connectivity index (χ1n) is 9.93. The normalized spacial score (nSPS) is 12.3. The van der Waals surface area contributed by atoms with Gasteiger partial charge in [-0.15, -0.1) is 0 Å². The number of aliphatic hydroxyl groups is 2. The van der Waals surface area contributed by atoms with Gasteiger partial charge in [0, 0.05) is 35.3 Å². The lowest BCUT2D eigenvalue weighted by molar-refractivity contribution is -0.0419. The number of hydrogen-bond donors (Lipinski definition) is 3. The fourth-order valence-electron chi connectivity index (χ4n) is 3.69. The third kappa shape index (κ3) is 4.05. The Kier molecular flexibility index (Phi) is 5.54. The molecular weight excluding hydrogens is 394 g/mol. The molecule has 2 heterocycles. The highest BCUT2D eigenvalue weighted by Crippen LogP contribution is 2.32. The largest absolute Gasteiger partial charge is 0.454 e. The monoisotopic (exact) mass is 417 g/mol. The molecule has 4 rings (SSSR count). The highest BCUT2D eigenvalue weighted by atomic mass is 16.5. The summed E-state index contributed by atoms with van der Waals surface area (Å²) in [4.78, 5) is 21.5. The van der Waals surface area contributed by atoms with E-state index in [1.165, 1.54) is 6.07 Å². The minimum atomic E-state index is -1.60. The molecule has 0 aliphatic rings. The first-order chi connectivity index (χ1) is 14.8. The molecule has 0 saturated carbocycles. The number of aliphatic hydroxyl groups excluding tert-OH is 1. The van der Waals surface area contributed by atoms with E-state index in [0.717, 1.165) is 11.1 Å². The van der Waals surface area contributed by atoms with Crippen molar-refractivity contribution in [1.29, 1.82) is 0 Å². The Labute approximate surface area is 179 Å². The smallest absolute Gasteiger partial charge is 0.193 e. The average molecular weight is 417 g/mol. The van der Waals surface area contributed by atoms with Gasteiger partial charge in [-0.05, 0) is 38.5 Å². The third-order valence-corrected chi connectivity index (χ3v) is 5.19. The Bertz CT molecular complexity index is 1310. The van der Waals surface area contributed by atoms with Gasteiger partial charge in [0.05, 0.1) is 17.1 Å². The van der Waals surface area contributed by atoms with Crippen LogP contribution in [0, 0.1) is 13.8 Å². The maximum absolute atomic E-state index is 12.9. The number of aromatic nitrogens is 2. The van der Waals surface area contributed by atoms with Crippen molar-refractivity contribution in [1.82, 2.24) is 9.97 Å². The predicted molar refractivity (Wildman–Crippen MR) is 119 cm³/mol. The van der Waals surface area contributed by atoms with Gasteiger partial charge in [0.2, 0.25) is 0 Å². The van der Waals surface area contributed by atoms with Crippen LogP contribution in [0.15, 0.2) is 64.1 Å². The van der Waals surface area contributed by atoms with E-state index >= 15 is 0 Å². The van der Waals surface area contributed by atoms with Crippen molar-refractivity contribution in [3.8, 4) is 11.5 Å². The maximum atomic E-state index is 12.9. The van der Waals surface area contributed by atoms with Crippen molar-refractivity contribution in [3.05, 3.63) is 87.5 Å². The summed E-state index contributed by atoms with van der Waals surface area (Å²) in [6.45, 7) is 5.65. The standard InChI is InChI=1S/C24H23N3O4/c1-13-10-17(14(2)27-19-7-5-4-6-16(19)24(29)30)23-18(11-13)20(28)12-21(31-23)22-15(3)25-8-9-26-22/h4-12,14,24,27,29-30H,1-3H3. The van der Waals surface area contributed by atoms with Gasteiger partial charge >= 0.3 is 0 Å². The number of fused-ring (bicyclic) bond motifs is 1. The second-order valence-corrected chi connectivity index (χ2v) is 7.52. The van der Waals surface area contributed by atoms with Crippen LogP contribution in [0.2, 0.25) is 0 Å². The zero-order chi connectivity index (χ0) is 22.1. The van der Waals surface area contributed by atoms with Crippen LogP contribution >= 0.6 is 0 Å². The van der Waals surface area contributed by atoms with Gasteiger partial charge in [0.15, 0.2) is 17.5 Å². The number of anilines is 1. The fraction of sp³-hybridized carbons (Fsp3) is 0.208. The Morgan fingerprint density at radius 1 is 1.00 bits per heavy atom. The zero-order valence-corrected chi connectivity index (χ0v) is 17.5. The average Bonchev–Trinajstić information content (AvgIpc) is 2.74. The summed E-state index contributed by atoms with van der Waals surface area (Å²) in [6.07, 6.45) is 1.55. The van der Waals surface area contributed by atoms with Crippen molar-refractivity contribution in [3.63, 3.8) is 0 Å². The van der Waals surface area contributed by atoms with Gasteiger partial charge < -0.3 is 19.9 Å². The Morgan fingerprint density at radius 2 is 1.74 bits per heavy atom. The van der Waals surface area contributed by atoms with Crippen LogP contribution in [0.3, 0.4) is 0 Å². The number of aryl methyl sites for hydroxylation is 2. The summed E-state index contributed by atoms with van der Waals surface area (Å²) in [5.41, 5.74) is 4.12. The molecular formula is C24H23N3O4. The van der Waals surface area contributed by atoms with Crippen molar-refractivity contribution < 1.29 is 14.6 Å². The molecule has 1 unspecified atom stereocenters. The van der Waals surface area contributed by atoms with E-state index in [1.807, 2.05) is 32.9 Å². The topological polar surface area (TPSA) is 108 Å². The van der Waals surface area contributed by atoms with Crippen molar-refractivity contribution in [2.24, 2.45) is 0 Å². The fourth-order valence-corrected chi connectivity index (χ4v) is 3.69. The first kappa shape index (κ1) is 20.7. The summed E-state index contributed by atoms with van der Waals surface area (Å²) in [5.74, 6) is 0.353. The van der Waals surface area contributed by atoms with E-state index in [2.05, 4.69) is 15.3 Å². The van der Waals surface area contributed by atoms with Crippen LogP contribution in [-0.2, 0) is 0 Å². The van der Waals surface area contributed by atoms with E-state index in [4.69, 9.17) is 4.42 Å². The van der Waals surface area contributed by atoms with Gasteiger partial charge in [0.25, 0.3) is 0 Å². The van der Waals surface area contributed by atoms with E-state index < -0.39 is 6.29 Å². The molecule has 0 fully saturated rings. The molecule has 0 saturated heterocycles. The predicted octanol–water partition coefficient (Wildman–Crippen LogP) is 4.02. The van der Waals surface area contributed by atoms with Gasteiger partial charge in [-0.25, -0.2) is 4.98 Å². The van der Waals surface area contributed by atoms with Crippen LogP contribution in [0.4, 0.5) is 5.69 Å². The molecule has 2 aromatic heterocycles. The molecule has 0 radical (unpaired) electrons. The molecule has 0 bridgehead atoms. The summed E-state index contributed by atoms with van der Waals surface area (Å²) in [5, 5.41) is 23.1. The molecule has 3 N–H and O–H groups in total. The summed E-state index contributed by atoms with van der Waals surface area (Å²) >= 11 is 0. The SMILES string of the molecule is Cc1cc(C(C)Nc2ccccc2C(O)O)c2oc(-c3nccnc3C)cc(=O)c2c1. The minimum absolute atomic E-state index is 0.162. The van der Waals surface area contributed by atoms with Crippen LogP contribution in [0.1, 0.15) is 41.6 Å². The lowest BCUT2D eigenvalue weighted by Crippen LogP contribution is -2.12. The highest BCUT2D eigenvalue weighted by Gasteiger charge is 2.19. The number of hydrogen-bond acceptors (Lipinski definition) is 7. The lowest BCUT2D eigenvalue weighted by atomic mass is 10.0. The second-order valence-electron chi connectivity index (χ2n) is 7.52. The first-order valence-corrected chi connectivity index (χ1v) is 9.93. The van der Waals surface area contributed by atoms with Crippen LogP contribution in [-0.4, -0.2) is 20.2 Å². The van der Waals surface area contributed by atoms with Gasteiger partial charge in [-0.3, -0.25) is 9.78 Å². The minimum Gasteiger partial charge on any atom is -0.454 e. The lowest BCUT2D eigenvalue weighted by Gasteiger charge is -2.20. The third-order valence-electron chi connectivity index (χ3n) is 5.19. The van der Waals surface area contributed by atoms with Crippen LogP contribution in [0.25, 0.3) is 22.4 Å². The molecule has 0 spiro atoms. The molecule has 0 aliphatic carbocycles. The number of rotatable bonds is 5. The molecule has 158 valence electrons. The van der Waals surface area contributed by atoms with Crippen LogP contribution < -0.4 is 10.7 Å². The Morgan fingerprint density at radius 3 is 2.48 bits per heavy atom. The van der Waals surface area contributed by atoms with Crippen molar-refractivity contribution >= 4 is 16.7 Å². The molecule has 2 aromatic carbocycles. The van der Waals surface area contributed by atoms with Gasteiger partial charge in [0.1, 0.15) is 11.3 Å². The molecule has 31 heavy (non-hydrogen) atoms. The Balaban J connectivity index is 1.86. The summed E-state index contributed by atoms with van der Waals surface area (Å²) < 4.78 is 6.19. The van der Waals surface area contributed by atoms with Gasteiger partial charge in [-0.2, -0.15) is 0 Å². The molecule has 7 nitrogen and oxygen atoms in total. The maximum Gasteiger partial charge on any atom is 0.193 e. The van der Waals surface area contributed by atoms with Crippen LogP contribution in [0.5, 0.6) is 0 Å². The number of nitrogens with one attached hydrogen (secondary N) is 1. The van der Waals surface area contributed by atoms with Gasteiger partial charge in [-0.1, -0.05) is 24.3 Å². The molecule has 0 amide bonds. The van der Waals surface area contributed by atoms with Crippen molar-refractivity contribution in [2.45, 2.75) is 33.1 Å². The molecule has 7 heteroatoms. The number of benzene rings is 2. The summed E-state index contributed by atoms with van der Waals surface area (Å²) in [6, 6.07) is 11.9. The number of nitrogens with zero attached hydrogens (tertiary/aromatic N) is 2. The summed E-state index contributed by atoms with van der Waals surface area (Å²) in [7, 11) is 0. The highest BCUT2D eigenvalue weighted by molar-refractivity contribution is 5.83. The second kappa shape index (κ2) is 8.29. The van der Waals surface area contributed by atoms with E-state index in [1.54, 1.807) is 36.7 Å². The molecule has 1 atom stereocenters. The molecule has 4 aromatic rings. The zero-order valence-electron chi connectivity index (χ0n) is 17.5. The number of para-hydroxylation sites is 1. The van der Waals surface area contributed by atoms with E-state index in [-0.39, 0.29) is 11.5 Å². The van der Waals surface area contributed by atoms with Crippen molar-refractivity contribution in [2.75, 3.05) is 5.32 Å². The van der Waals surface area contributed by atoms with E-state index in [9.17, 15) is 15.0 Å².